The van der Waals surface area contributed by atoms with E-state index < -0.39 is 10.0 Å². The summed E-state index contributed by atoms with van der Waals surface area (Å²) in [6, 6.07) is 7.98. The first-order chi connectivity index (χ1) is 8.94. The predicted molar refractivity (Wildman–Crippen MR) is 78.4 cm³/mol. The summed E-state index contributed by atoms with van der Waals surface area (Å²) in [7, 11) is -3.79. The smallest absolute Gasteiger partial charge is 0.263 e. The Morgan fingerprint density at radius 1 is 1.37 bits per heavy atom. The van der Waals surface area contributed by atoms with Gasteiger partial charge in [-0.3, -0.25) is 4.72 Å². The third kappa shape index (κ3) is 2.89. The maximum atomic E-state index is 12.2. The number of anilines is 2. The monoisotopic (exact) mass is 357 g/mol. The lowest BCUT2D eigenvalue weighted by molar-refractivity contribution is 0.601. The highest BCUT2D eigenvalue weighted by atomic mass is 79.9. The van der Waals surface area contributed by atoms with Gasteiger partial charge in [-0.05, 0) is 45.6 Å². The molecule has 0 spiro atoms. The molecule has 8 heteroatoms. The van der Waals surface area contributed by atoms with E-state index in [0.717, 1.165) is 11.3 Å². The van der Waals surface area contributed by atoms with E-state index in [1.54, 1.807) is 23.6 Å². The highest BCUT2D eigenvalue weighted by molar-refractivity contribution is 9.10. The molecule has 0 saturated carbocycles. The van der Waals surface area contributed by atoms with E-state index in [-0.39, 0.29) is 15.5 Å². The number of nitrogens with zero attached hydrogens (tertiary/aromatic N) is 1. The van der Waals surface area contributed by atoms with Crippen molar-refractivity contribution in [1.82, 2.24) is 0 Å². The molecule has 0 radical (unpaired) electrons. The fourth-order valence-electron chi connectivity index (χ4n) is 1.38. The van der Waals surface area contributed by atoms with Crippen LogP contribution in [0.5, 0.6) is 0 Å². The van der Waals surface area contributed by atoms with Crippen molar-refractivity contribution in [2.45, 2.75) is 4.90 Å². The van der Waals surface area contributed by atoms with Gasteiger partial charge in [-0.2, -0.15) is 5.26 Å². The van der Waals surface area contributed by atoms with Crippen molar-refractivity contribution in [1.29, 1.82) is 5.26 Å². The van der Waals surface area contributed by atoms with Crippen LogP contribution in [0, 0.1) is 11.3 Å². The Balaban J connectivity index is 2.44. The summed E-state index contributed by atoms with van der Waals surface area (Å²) in [5, 5.41) is 10.8. The molecule has 98 valence electrons. The van der Waals surface area contributed by atoms with E-state index >= 15 is 0 Å². The fourth-order valence-corrected chi connectivity index (χ4v) is 4.45. The SMILES string of the molecule is N#Cc1ccsc1NS(=O)(=O)c1cc(N)ccc1Br. The first-order valence-corrected chi connectivity index (χ1v) is 8.15. The van der Waals surface area contributed by atoms with E-state index in [1.807, 2.05) is 6.07 Å². The largest absolute Gasteiger partial charge is 0.399 e. The van der Waals surface area contributed by atoms with Crippen LogP contribution >= 0.6 is 27.3 Å². The summed E-state index contributed by atoms with van der Waals surface area (Å²) in [5.41, 5.74) is 6.22. The minimum Gasteiger partial charge on any atom is -0.399 e. The molecule has 2 aromatic rings. The zero-order valence-corrected chi connectivity index (χ0v) is 12.6. The molecule has 0 aliphatic carbocycles. The van der Waals surface area contributed by atoms with Crippen molar-refractivity contribution in [3.8, 4) is 6.07 Å². The van der Waals surface area contributed by atoms with Crippen LogP contribution in [0.2, 0.25) is 0 Å². The quantitative estimate of drug-likeness (QED) is 0.825. The van der Waals surface area contributed by atoms with Crippen molar-refractivity contribution in [3.05, 3.63) is 39.7 Å². The molecule has 0 bridgehead atoms. The molecule has 0 unspecified atom stereocenters. The molecule has 0 atom stereocenters. The highest BCUT2D eigenvalue weighted by Crippen LogP contribution is 2.29. The molecule has 0 fully saturated rings. The predicted octanol–water partition coefficient (Wildman–Crippen LogP) is 2.77. The van der Waals surface area contributed by atoms with Crippen LogP contribution in [-0.4, -0.2) is 8.42 Å². The Labute approximate surface area is 122 Å². The third-order valence-electron chi connectivity index (χ3n) is 2.26. The number of nitriles is 1. The lowest BCUT2D eigenvalue weighted by Crippen LogP contribution is -2.13. The summed E-state index contributed by atoms with van der Waals surface area (Å²) in [5.74, 6) is 0. The van der Waals surface area contributed by atoms with Gasteiger partial charge >= 0.3 is 0 Å². The van der Waals surface area contributed by atoms with Crippen molar-refractivity contribution < 1.29 is 8.42 Å². The minimum atomic E-state index is -3.79. The molecule has 2 rings (SSSR count). The van der Waals surface area contributed by atoms with Gasteiger partial charge in [0.05, 0.1) is 5.56 Å². The Morgan fingerprint density at radius 3 is 2.79 bits per heavy atom. The van der Waals surface area contributed by atoms with E-state index in [2.05, 4.69) is 20.7 Å². The van der Waals surface area contributed by atoms with Crippen molar-refractivity contribution in [3.63, 3.8) is 0 Å². The molecule has 0 aliphatic heterocycles. The number of benzene rings is 1. The number of nitrogens with one attached hydrogen (secondary N) is 1. The molecule has 1 aromatic carbocycles. The topological polar surface area (TPSA) is 96.0 Å². The van der Waals surface area contributed by atoms with E-state index in [1.165, 1.54) is 6.07 Å². The number of hydrogen-bond donors (Lipinski definition) is 2. The second-order valence-corrected chi connectivity index (χ2v) is 6.99. The number of sulfonamides is 1. The van der Waals surface area contributed by atoms with Gasteiger partial charge in [-0.1, -0.05) is 0 Å². The van der Waals surface area contributed by atoms with Crippen LogP contribution in [0.3, 0.4) is 0 Å². The van der Waals surface area contributed by atoms with Gasteiger partial charge in [0.1, 0.15) is 16.0 Å². The molecule has 19 heavy (non-hydrogen) atoms. The van der Waals surface area contributed by atoms with Gasteiger partial charge in [0.25, 0.3) is 10.0 Å². The van der Waals surface area contributed by atoms with Crippen molar-refractivity contribution in [2.75, 3.05) is 10.5 Å². The van der Waals surface area contributed by atoms with Gasteiger partial charge in [-0.25, -0.2) is 8.42 Å². The second-order valence-electron chi connectivity index (χ2n) is 3.57. The van der Waals surface area contributed by atoms with Crippen LogP contribution in [0.25, 0.3) is 0 Å². The third-order valence-corrected chi connectivity index (χ3v) is 5.56. The Morgan fingerprint density at radius 2 is 2.11 bits per heavy atom. The molecule has 1 aromatic heterocycles. The number of rotatable bonds is 3. The van der Waals surface area contributed by atoms with Crippen molar-refractivity contribution in [2.24, 2.45) is 0 Å². The molecule has 3 N–H and O–H groups in total. The highest BCUT2D eigenvalue weighted by Gasteiger charge is 2.20. The van der Waals surface area contributed by atoms with Crippen molar-refractivity contribution >= 4 is 48.0 Å². The van der Waals surface area contributed by atoms with Gasteiger partial charge in [-0.15, -0.1) is 11.3 Å². The molecule has 0 saturated heterocycles. The number of hydrogen-bond acceptors (Lipinski definition) is 5. The average Bonchev–Trinajstić information content (AvgIpc) is 2.78. The molecule has 0 amide bonds. The zero-order chi connectivity index (χ0) is 14.0. The minimum absolute atomic E-state index is 0.0322. The van der Waals surface area contributed by atoms with Gasteiger partial charge < -0.3 is 5.73 Å². The summed E-state index contributed by atoms with van der Waals surface area (Å²) >= 11 is 4.32. The molecular weight excluding hydrogens is 350 g/mol. The number of halogens is 1. The van der Waals surface area contributed by atoms with Crippen LogP contribution in [0.15, 0.2) is 39.0 Å². The summed E-state index contributed by atoms with van der Waals surface area (Å²) in [6.45, 7) is 0. The summed E-state index contributed by atoms with van der Waals surface area (Å²) in [4.78, 5) is 0.0322. The van der Waals surface area contributed by atoms with Gasteiger partial charge in [0.2, 0.25) is 0 Å². The number of thiophene rings is 1. The molecule has 1 heterocycles. The first kappa shape index (κ1) is 13.9. The lowest BCUT2D eigenvalue weighted by Gasteiger charge is -2.09. The standard InChI is InChI=1S/C11H8BrN3O2S2/c12-9-2-1-8(14)5-10(9)19(16,17)15-11-7(6-13)3-4-18-11/h1-5,15H,14H2. The first-order valence-electron chi connectivity index (χ1n) is 4.99. The number of nitrogen functional groups attached to an aromatic ring is 1. The normalized spacial score (nSPS) is 10.9. The van der Waals surface area contributed by atoms with Gasteiger partial charge in [0, 0.05) is 10.2 Å². The fraction of sp³-hybridized carbons (Fsp3) is 0. The zero-order valence-electron chi connectivity index (χ0n) is 9.42. The molecule has 5 nitrogen and oxygen atoms in total. The summed E-state index contributed by atoms with van der Waals surface area (Å²) < 4.78 is 27.3. The van der Waals surface area contributed by atoms with E-state index in [4.69, 9.17) is 11.0 Å². The molecule has 0 aliphatic rings. The van der Waals surface area contributed by atoms with Crippen LogP contribution in [0.4, 0.5) is 10.7 Å². The van der Waals surface area contributed by atoms with E-state index in [9.17, 15) is 8.42 Å². The summed E-state index contributed by atoms with van der Waals surface area (Å²) in [6.07, 6.45) is 0. The molecular formula is C11H8BrN3O2S2. The Bertz CT molecular complexity index is 762. The Kier molecular flexibility index (Phi) is 3.80. The van der Waals surface area contributed by atoms with Crippen LogP contribution in [0.1, 0.15) is 5.56 Å². The lowest BCUT2D eigenvalue weighted by atomic mass is 10.3. The van der Waals surface area contributed by atoms with Crippen LogP contribution in [-0.2, 0) is 10.0 Å². The van der Waals surface area contributed by atoms with E-state index in [0.29, 0.717) is 10.2 Å². The number of nitrogens with two attached hydrogens (primary N) is 1. The van der Waals surface area contributed by atoms with Gasteiger partial charge in [0.15, 0.2) is 0 Å². The maximum absolute atomic E-state index is 12.2. The van der Waals surface area contributed by atoms with Crippen LogP contribution < -0.4 is 10.5 Å². The average molecular weight is 358 g/mol. The second kappa shape index (κ2) is 5.21. The Hall–Kier alpha value is -1.56. The maximum Gasteiger partial charge on any atom is 0.263 e.